The van der Waals surface area contributed by atoms with Gasteiger partial charge < -0.3 is 15.0 Å². The predicted molar refractivity (Wildman–Crippen MR) is 84.1 cm³/mol. The highest BCUT2D eigenvalue weighted by Gasteiger charge is 2.24. The lowest BCUT2D eigenvalue weighted by atomic mass is 10.2. The van der Waals surface area contributed by atoms with E-state index in [1.165, 1.54) is 0 Å². The fourth-order valence-corrected chi connectivity index (χ4v) is 2.78. The van der Waals surface area contributed by atoms with E-state index >= 15 is 0 Å². The Bertz CT molecular complexity index is 455. The van der Waals surface area contributed by atoms with Crippen LogP contribution in [0.25, 0.3) is 0 Å². The molecule has 5 nitrogen and oxygen atoms in total. The summed E-state index contributed by atoms with van der Waals surface area (Å²) < 4.78 is 6.80. The third kappa shape index (κ3) is 3.68. The number of anilines is 1. The third-order valence-corrected chi connectivity index (χ3v) is 4.21. The number of halogens is 1. The summed E-state index contributed by atoms with van der Waals surface area (Å²) in [6, 6.07) is 0. The smallest absolute Gasteiger partial charge is 0.161 e. The van der Waals surface area contributed by atoms with E-state index < -0.39 is 0 Å². The Labute approximate surface area is 129 Å². The number of hydrogen-bond donors (Lipinski definition) is 1. The van der Waals surface area contributed by atoms with E-state index in [0.717, 1.165) is 60.9 Å². The summed E-state index contributed by atoms with van der Waals surface area (Å²) in [5.74, 6) is 1.67. The predicted octanol–water partition coefficient (Wildman–Crippen LogP) is 2.63. The molecule has 112 valence electrons. The molecule has 0 spiro atoms. The maximum atomic E-state index is 5.82. The van der Waals surface area contributed by atoms with Gasteiger partial charge in [0.15, 0.2) is 5.82 Å². The molecule has 1 aromatic heterocycles. The number of morpholine rings is 1. The van der Waals surface area contributed by atoms with Gasteiger partial charge in [0.05, 0.1) is 16.8 Å². The standard InChI is InChI=1S/C14H23BrN4O/c1-4-6-16-14-12(15)10(5-2)17-13(18-14)11-9-19(3)7-8-20-11/h11H,4-9H2,1-3H3,(H,16,17,18). The molecular formula is C14H23BrN4O. The summed E-state index contributed by atoms with van der Waals surface area (Å²) in [6.07, 6.45) is 1.91. The van der Waals surface area contributed by atoms with Crippen molar-refractivity contribution in [3.8, 4) is 0 Å². The number of aromatic nitrogens is 2. The summed E-state index contributed by atoms with van der Waals surface area (Å²) >= 11 is 3.60. The van der Waals surface area contributed by atoms with Gasteiger partial charge in [-0.3, -0.25) is 0 Å². The van der Waals surface area contributed by atoms with Gasteiger partial charge in [0.2, 0.25) is 0 Å². The van der Waals surface area contributed by atoms with Crippen molar-refractivity contribution in [1.29, 1.82) is 0 Å². The van der Waals surface area contributed by atoms with Crippen molar-refractivity contribution in [2.45, 2.75) is 32.8 Å². The van der Waals surface area contributed by atoms with Crippen molar-refractivity contribution in [1.82, 2.24) is 14.9 Å². The molecule has 1 aliphatic heterocycles. The van der Waals surface area contributed by atoms with Crippen LogP contribution in [0.2, 0.25) is 0 Å². The zero-order chi connectivity index (χ0) is 14.5. The molecular weight excluding hydrogens is 320 g/mol. The van der Waals surface area contributed by atoms with Crippen LogP contribution >= 0.6 is 15.9 Å². The zero-order valence-electron chi connectivity index (χ0n) is 12.4. The molecule has 1 aromatic rings. The van der Waals surface area contributed by atoms with Crippen molar-refractivity contribution in [3.63, 3.8) is 0 Å². The molecule has 1 fully saturated rings. The lowest BCUT2D eigenvalue weighted by Gasteiger charge is -2.29. The van der Waals surface area contributed by atoms with Crippen LogP contribution in [-0.4, -0.2) is 48.2 Å². The molecule has 0 saturated carbocycles. The number of nitrogens with one attached hydrogen (secondary N) is 1. The number of ether oxygens (including phenoxy) is 1. The lowest BCUT2D eigenvalue weighted by molar-refractivity contribution is -0.0255. The zero-order valence-corrected chi connectivity index (χ0v) is 14.0. The molecule has 20 heavy (non-hydrogen) atoms. The van der Waals surface area contributed by atoms with Gasteiger partial charge in [0.1, 0.15) is 11.9 Å². The highest BCUT2D eigenvalue weighted by Crippen LogP contribution is 2.27. The molecule has 0 bridgehead atoms. The maximum absolute atomic E-state index is 5.82. The van der Waals surface area contributed by atoms with E-state index in [2.05, 4.69) is 57.0 Å². The molecule has 6 heteroatoms. The van der Waals surface area contributed by atoms with Crippen LogP contribution in [0.5, 0.6) is 0 Å². The van der Waals surface area contributed by atoms with Crippen molar-refractivity contribution >= 4 is 21.7 Å². The Kier molecular flexibility index (Phi) is 5.74. The van der Waals surface area contributed by atoms with E-state index in [1.807, 2.05) is 0 Å². The number of aryl methyl sites for hydroxylation is 1. The first-order valence-electron chi connectivity index (χ1n) is 7.26. The van der Waals surface area contributed by atoms with Crippen LogP contribution in [-0.2, 0) is 11.2 Å². The summed E-state index contributed by atoms with van der Waals surface area (Å²) in [6.45, 7) is 7.70. The van der Waals surface area contributed by atoms with Crippen molar-refractivity contribution in [2.24, 2.45) is 0 Å². The monoisotopic (exact) mass is 342 g/mol. The van der Waals surface area contributed by atoms with Gasteiger partial charge in [-0.05, 0) is 35.8 Å². The molecule has 1 atom stereocenters. The number of rotatable bonds is 5. The van der Waals surface area contributed by atoms with Gasteiger partial charge in [-0.25, -0.2) is 9.97 Å². The van der Waals surface area contributed by atoms with Crippen LogP contribution in [0.4, 0.5) is 5.82 Å². The second kappa shape index (κ2) is 7.33. The fraction of sp³-hybridized carbons (Fsp3) is 0.714. The minimum atomic E-state index is -0.0330. The van der Waals surface area contributed by atoms with Crippen LogP contribution in [0.3, 0.4) is 0 Å². The van der Waals surface area contributed by atoms with Crippen molar-refractivity contribution in [3.05, 3.63) is 16.0 Å². The molecule has 0 aromatic carbocycles. The summed E-state index contributed by atoms with van der Waals surface area (Å²) in [4.78, 5) is 11.6. The van der Waals surface area contributed by atoms with Crippen LogP contribution in [0, 0.1) is 0 Å². The Morgan fingerprint density at radius 2 is 2.20 bits per heavy atom. The second-order valence-electron chi connectivity index (χ2n) is 5.09. The first-order chi connectivity index (χ1) is 9.65. The highest BCUT2D eigenvalue weighted by atomic mass is 79.9. The minimum Gasteiger partial charge on any atom is -0.369 e. The van der Waals surface area contributed by atoms with E-state index in [-0.39, 0.29) is 6.10 Å². The third-order valence-electron chi connectivity index (χ3n) is 3.37. The topological polar surface area (TPSA) is 50.3 Å². The first kappa shape index (κ1) is 15.7. The summed E-state index contributed by atoms with van der Waals surface area (Å²) in [5.41, 5.74) is 1.03. The Morgan fingerprint density at radius 3 is 2.85 bits per heavy atom. The van der Waals surface area contributed by atoms with Gasteiger partial charge in [0.25, 0.3) is 0 Å². The van der Waals surface area contributed by atoms with E-state index in [1.54, 1.807) is 0 Å². The SMILES string of the molecule is CCCNc1nc(C2CN(C)CCO2)nc(CC)c1Br. The Morgan fingerprint density at radius 1 is 1.40 bits per heavy atom. The molecule has 1 N–H and O–H groups in total. The number of nitrogens with zero attached hydrogens (tertiary/aromatic N) is 3. The van der Waals surface area contributed by atoms with Gasteiger partial charge >= 0.3 is 0 Å². The van der Waals surface area contributed by atoms with Crippen LogP contribution in [0.15, 0.2) is 4.47 Å². The van der Waals surface area contributed by atoms with E-state index in [9.17, 15) is 0 Å². The fourth-order valence-electron chi connectivity index (χ4n) is 2.19. The molecule has 0 radical (unpaired) electrons. The molecule has 1 saturated heterocycles. The van der Waals surface area contributed by atoms with Crippen LogP contribution < -0.4 is 5.32 Å². The minimum absolute atomic E-state index is 0.0330. The van der Waals surface area contributed by atoms with Gasteiger partial charge in [0, 0.05) is 19.6 Å². The Hall–Kier alpha value is -0.720. The quantitative estimate of drug-likeness (QED) is 0.891. The molecule has 0 aliphatic carbocycles. The average Bonchev–Trinajstić information content (AvgIpc) is 2.46. The van der Waals surface area contributed by atoms with Crippen molar-refractivity contribution in [2.75, 3.05) is 38.6 Å². The summed E-state index contributed by atoms with van der Waals surface area (Å²) in [7, 11) is 2.10. The van der Waals surface area contributed by atoms with Crippen molar-refractivity contribution < 1.29 is 4.74 Å². The normalized spacial score (nSPS) is 20.1. The van der Waals surface area contributed by atoms with Crippen LogP contribution in [0.1, 0.15) is 37.9 Å². The molecule has 1 unspecified atom stereocenters. The average molecular weight is 343 g/mol. The largest absolute Gasteiger partial charge is 0.369 e. The number of likely N-dealkylation sites (N-methyl/N-ethyl adjacent to an activating group) is 1. The highest BCUT2D eigenvalue weighted by molar-refractivity contribution is 9.10. The second-order valence-corrected chi connectivity index (χ2v) is 5.89. The van der Waals surface area contributed by atoms with Gasteiger partial charge in [-0.2, -0.15) is 0 Å². The van der Waals surface area contributed by atoms with E-state index in [0.29, 0.717) is 0 Å². The molecule has 2 heterocycles. The summed E-state index contributed by atoms with van der Waals surface area (Å²) in [5, 5.41) is 3.36. The van der Waals surface area contributed by atoms with E-state index in [4.69, 9.17) is 4.74 Å². The molecule has 1 aliphatic rings. The molecule has 2 rings (SSSR count). The first-order valence-corrected chi connectivity index (χ1v) is 8.05. The number of hydrogen-bond acceptors (Lipinski definition) is 5. The van der Waals surface area contributed by atoms with Gasteiger partial charge in [-0.15, -0.1) is 0 Å². The maximum Gasteiger partial charge on any atom is 0.161 e. The molecule has 0 amide bonds. The Balaban J connectivity index is 2.27. The van der Waals surface area contributed by atoms with Gasteiger partial charge in [-0.1, -0.05) is 13.8 Å². The lowest BCUT2D eigenvalue weighted by Crippen LogP contribution is -2.36.